The molecular weight excluding hydrogens is 390 g/mol. The van der Waals surface area contributed by atoms with Crippen molar-refractivity contribution in [3.05, 3.63) is 58.1 Å². The molecule has 0 saturated carbocycles. The number of nitro benzene ring substituents is 1. The van der Waals surface area contributed by atoms with Crippen LogP contribution in [0.15, 0.2) is 42.5 Å². The summed E-state index contributed by atoms with van der Waals surface area (Å²) >= 11 is 0. The summed E-state index contributed by atoms with van der Waals surface area (Å²) in [5.74, 6) is -0.762. The molecule has 0 unspecified atom stereocenters. The van der Waals surface area contributed by atoms with Crippen molar-refractivity contribution in [2.24, 2.45) is 0 Å². The molecule has 9 nitrogen and oxygen atoms in total. The van der Waals surface area contributed by atoms with Gasteiger partial charge >= 0.3 is 5.97 Å². The molecule has 1 N–H and O–H groups in total. The molecule has 1 heterocycles. The lowest BCUT2D eigenvalue weighted by Crippen LogP contribution is -2.30. The van der Waals surface area contributed by atoms with Gasteiger partial charge in [0, 0.05) is 30.9 Å². The highest BCUT2D eigenvalue weighted by Gasteiger charge is 2.26. The molecule has 2 aromatic rings. The van der Waals surface area contributed by atoms with Crippen LogP contribution in [0.1, 0.15) is 30.1 Å². The first-order chi connectivity index (χ1) is 14.4. The van der Waals surface area contributed by atoms with Crippen molar-refractivity contribution in [1.82, 2.24) is 0 Å². The summed E-state index contributed by atoms with van der Waals surface area (Å²) < 4.78 is 10.3. The number of nitro groups is 1. The first kappa shape index (κ1) is 21.1. The van der Waals surface area contributed by atoms with Crippen LogP contribution in [0, 0.1) is 10.1 Å². The number of ether oxygens (including phenoxy) is 2. The number of carbonyl (C=O) groups is 2. The molecule has 1 aliphatic heterocycles. The molecule has 1 saturated heterocycles. The number of carbonyl (C=O) groups excluding carboxylic acids is 2. The standard InChI is InChI=1S/C21H23N3O6/c1-14(20(25)22-16-6-5-7-17(13-16)29-2)30-21(26)15-8-9-18(19(12-15)24(27)28)23-10-3-4-11-23/h5-9,12-14H,3-4,10-11H2,1-2H3,(H,22,25)/t14-/m0/s1. The van der Waals surface area contributed by atoms with Gasteiger partial charge in [-0.25, -0.2) is 4.79 Å². The zero-order valence-electron chi connectivity index (χ0n) is 16.8. The maximum absolute atomic E-state index is 12.5. The van der Waals surface area contributed by atoms with Crippen LogP contribution in [0.4, 0.5) is 17.1 Å². The van der Waals surface area contributed by atoms with Gasteiger partial charge in [-0.15, -0.1) is 0 Å². The number of amides is 1. The van der Waals surface area contributed by atoms with Crippen LogP contribution in [0.5, 0.6) is 5.75 Å². The minimum atomic E-state index is -1.10. The maximum atomic E-state index is 12.5. The van der Waals surface area contributed by atoms with Crippen molar-refractivity contribution in [3.63, 3.8) is 0 Å². The first-order valence-corrected chi connectivity index (χ1v) is 9.58. The number of benzene rings is 2. The Bertz CT molecular complexity index is 956. The summed E-state index contributed by atoms with van der Waals surface area (Å²) in [7, 11) is 1.51. The van der Waals surface area contributed by atoms with Gasteiger partial charge in [0.15, 0.2) is 6.10 Å². The van der Waals surface area contributed by atoms with Crippen molar-refractivity contribution >= 4 is 28.9 Å². The SMILES string of the molecule is COc1cccc(NC(=O)[C@H](C)OC(=O)c2ccc(N3CCCC3)c([N+](=O)[O-])c2)c1. The largest absolute Gasteiger partial charge is 0.497 e. The van der Waals surface area contributed by atoms with Gasteiger partial charge in [-0.2, -0.15) is 0 Å². The average Bonchev–Trinajstić information content (AvgIpc) is 3.28. The molecular formula is C21H23N3O6. The molecule has 0 aromatic heterocycles. The monoisotopic (exact) mass is 413 g/mol. The van der Waals surface area contributed by atoms with Gasteiger partial charge in [0.05, 0.1) is 17.6 Å². The van der Waals surface area contributed by atoms with Gasteiger partial charge in [-0.1, -0.05) is 6.07 Å². The number of hydrogen-bond donors (Lipinski definition) is 1. The Labute approximate surface area is 173 Å². The van der Waals surface area contributed by atoms with Gasteiger partial charge in [-0.05, 0) is 44.0 Å². The number of methoxy groups -OCH3 is 1. The molecule has 2 aromatic carbocycles. The second-order valence-corrected chi connectivity index (χ2v) is 6.92. The Morgan fingerprint density at radius 1 is 1.17 bits per heavy atom. The predicted octanol–water partition coefficient (Wildman–Crippen LogP) is 3.39. The fourth-order valence-electron chi connectivity index (χ4n) is 3.25. The lowest BCUT2D eigenvalue weighted by atomic mass is 10.1. The minimum absolute atomic E-state index is 0.0191. The fourth-order valence-corrected chi connectivity index (χ4v) is 3.25. The van der Waals surface area contributed by atoms with Crippen molar-refractivity contribution in [2.75, 3.05) is 30.4 Å². The lowest BCUT2D eigenvalue weighted by Gasteiger charge is -2.18. The van der Waals surface area contributed by atoms with E-state index in [0.717, 1.165) is 25.9 Å². The smallest absolute Gasteiger partial charge is 0.339 e. The molecule has 1 amide bonds. The summed E-state index contributed by atoms with van der Waals surface area (Å²) in [6, 6.07) is 11.0. The Hall–Kier alpha value is -3.62. The molecule has 158 valence electrons. The fraction of sp³-hybridized carbons (Fsp3) is 0.333. The Balaban J connectivity index is 1.69. The third-order valence-electron chi connectivity index (χ3n) is 4.84. The highest BCUT2D eigenvalue weighted by atomic mass is 16.6. The van der Waals surface area contributed by atoms with Crippen molar-refractivity contribution < 1.29 is 24.0 Å². The zero-order valence-corrected chi connectivity index (χ0v) is 16.8. The van der Waals surface area contributed by atoms with Crippen molar-refractivity contribution in [1.29, 1.82) is 0 Å². The molecule has 1 atom stereocenters. The van der Waals surface area contributed by atoms with Gasteiger partial charge in [-0.3, -0.25) is 14.9 Å². The van der Waals surface area contributed by atoms with Gasteiger partial charge < -0.3 is 19.7 Å². The van der Waals surface area contributed by atoms with E-state index >= 15 is 0 Å². The quantitative estimate of drug-likeness (QED) is 0.421. The third-order valence-corrected chi connectivity index (χ3v) is 4.84. The van der Waals surface area contributed by atoms with E-state index < -0.39 is 22.9 Å². The van der Waals surface area contributed by atoms with E-state index in [2.05, 4.69) is 5.32 Å². The zero-order chi connectivity index (χ0) is 21.7. The summed E-state index contributed by atoms with van der Waals surface area (Å²) in [5, 5.41) is 14.1. The van der Waals surface area contributed by atoms with Crippen LogP contribution in [-0.4, -0.2) is 43.1 Å². The minimum Gasteiger partial charge on any atom is -0.497 e. The number of esters is 1. The topological polar surface area (TPSA) is 111 Å². The number of nitrogens with one attached hydrogen (secondary N) is 1. The van der Waals surface area contributed by atoms with E-state index in [4.69, 9.17) is 9.47 Å². The van der Waals surface area contributed by atoms with E-state index in [1.165, 1.54) is 26.2 Å². The molecule has 0 bridgehead atoms. The Morgan fingerprint density at radius 2 is 1.90 bits per heavy atom. The molecule has 0 radical (unpaired) electrons. The van der Waals surface area contributed by atoms with Crippen molar-refractivity contribution in [3.8, 4) is 5.75 Å². The van der Waals surface area contributed by atoms with E-state index in [9.17, 15) is 19.7 Å². The summed E-state index contributed by atoms with van der Waals surface area (Å²) in [4.78, 5) is 37.7. The normalized spacial score (nSPS) is 14.1. The number of hydrogen-bond acceptors (Lipinski definition) is 7. The predicted molar refractivity (Wildman–Crippen MR) is 111 cm³/mol. The van der Waals surface area contributed by atoms with Crippen LogP contribution < -0.4 is 15.0 Å². The maximum Gasteiger partial charge on any atom is 0.339 e. The highest BCUT2D eigenvalue weighted by Crippen LogP contribution is 2.32. The van der Waals surface area contributed by atoms with E-state index in [1.54, 1.807) is 30.3 Å². The van der Waals surface area contributed by atoms with Crippen LogP contribution in [0.25, 0.3) is 0 Å². The van der Waals surface area contributed by atoms with Gasteiger partial charge in [0.25, 0.3) is 11.6 Å². The summed E-state index contributed by atoms with van der Waals surface area (Å²) in [6.07, 6.45) is 0.850. The molecule has 3 rings (SSSR count). The Kier molecular flexibility index (Phi) is 6.51. The number of rotatable bonds is 7. The molecule has 9 heteroatoms. The van der Waals surface area contributed by atoms with E-state index in [0.29, 0.717) is 17.1 Å². The van der Waals surface area contributed by atoms with E-state index in [1.807, 2.05) is 4.90 Å². The van der Waals surface area contributed by atoms with E-state index in [-0.39, 0.29) is 11.3 Å². The first-order valence-electron chi connectivity index (χ1n) is 9.58. The summed E-state index contributed by atoms with van der Waals surface area (Å²) in [5.41, 5.74) is 0.844. The second-order valence-electron chi connectivity index (χ2n) is 6.92. The van der Waals surface area contributed by atoms with Crippen LogP contribution >= 0.6 is 0 Å². The third kappa shape index (κ3) is 4.86. The molecule has 0 spiro atoms. The van der Waals surface area contributed by atoms with Crippen LogP contribution in [0.3, 0.4) is 0 Å². The molecule has 0 aliphatic carbocycles. The number of anilines is 2. The second kappa shape index (κ2) is 9.25. The highest BCUT2D eigenvalue weighted by molar-refractivity contribution is 5.98. The summed E-state index contributed by atoms with van der Waals surface area (Å²) in [6.45, 7) is 2.92. The Morgan fingerprint density at radius 3 is 2.57 bits per heavy atom. The average molecular weight is 413 g/mol. The molecule has 1 aliphatic rings. The molecule has 30 heavy (non-hydrogen) atoms. The van der Waals surface area contributed by atoms with Crippen molar-refractivity contribution in [2.45, 2.75) is 25.9 Å². The van der Waals surface area contributed by atoms with Gasteiger partial charge in [0.1, 0.15) is 11.4 Å². The van der Waals surface area contributed by atoms with Crippen LogP contribution in [0.2, 0.25) is 0 Å². The molecule has 1 fully saturated rings. The van der Waals surface area contributed by atoms with Gasteiger partial charge in [0.2, 0.25) is 0 Å². The van der Waals surface area contributed by atoms with Crippen LogP contribution in [-0.2, 0) is 9.53 Å². The number of nitrogens with zero attached hydrogens (tertiary/aromatic N) is 2. The lowest BCUT2D eigenvalue weighted by molar-refractivity contribution is -0.384.